The van der Waals surface area contributed by atoms with Gasteiger partial charge in [-0.15, -0.1) is 0 Å². The molecular formula is C16H24O3. The zero-order chi connectivity index (χ0) is 14.3. The van der Waals surface area contributed by atoms with Crippen LogP contribution in [-0.2, 0) is 16.0 Å². The van der Waals surface area contributed by atoms with E-state index >= 15 is 0 Å². The normalized spacial score (nSPS) is 13.1. The van der Waals surface area contributed by atoms with E-state index in [0.717, 1.165) is 12.8 Å². The predicted octanol–water partition coefficient (Wildman–Crippen LogP) is 2.82. The fourth-order valence-corrected chi connectivity index (χ4v) is 1.65. The molecule has 0 bridgehead atoms. The van der Waals surface area contributed by atoms with Crippen molar-refractivity contribution in [2.75, 3.05) is 13.2 Å². The quantitative estimate of drug-likeness (QED) is 0.804. The smallest absolute Gasteiger partial charge is 0.311 e. The van der Waals surface area contributed by atoms with Gasteiger partial charge in [0.1, 0.15) is 0 Å². The molecule has 0 amide bonds. The lowest BCUT2D eigenvalue weighted by Gasteiger charge is -2.20. The number of ether oxygens (including phenoxy) is 1. The van der Waals surface area contributed by atoms with Gasteiger partial charge in [-0.2, -0.15) is 0 Å². The third-order valence-electron chi connectivity index (χ3n) is 3.00. The van der Waals surface area contributed by atoms with Crippen LogP contribution in [0, 0.1) is 11.3 Å². The summed E-state index contributed by atoms with van der Waals surface area (Å²) in [4.78, 5) is 11.7. The van der Waals surface area contributed by atoms with Crippen molar-refractivity contribution >= 4 is 5.97 Å². The van der Waals surface area contributed by atoms with Crippen LogP contribution in [0.1, 0.15) is 32.8 Å². The molecule has 3 heteroatoms. The minimum atomic E-state index is -0.487. The van der Waals surface area contributed by atoms with Gasteiger partial charge >= 0.3 is 5.97 Å². The molecule has 0 fully saturated rings. The highest BCUT2D eigenvalue weighted by Gasteiger charge is 2.24. The van der Waals surface area contributed by atoms with Crippen molar-refractivity contribution in [3.63, 3.8) is 0 Å². The van der Waals surface area contributed by atoms with Crippen molar-refractivity contribution in [1.82, 2.24) is 0 Å². The van der Waals surface area contributed by atoms with Crippen molar-refractivity contribution < 1.29 is 14.6 Å². The molecular weight excluding hydrogens is 240 g/mol. The number of carbonyl (C=O) groups excluding carboxylic acids is 1. The second-order valence-corrected chi connectivity index (χ2v) is 5.92. The Morgan fingerprint density at radius 1 is 1.26 bits per heavy atom. The standard InChI is InChI=1S/C16H24O3/c1-16(2,3)15(18)19-12-14(11-17)10-9-13-7-5-4-6-8-13/h4-8,14,17H,9-12H2,1-3H3. The van der Waals surface area contributed by atoms with E-state index in [1.54, 1.807) is 0 Å². The largest absolute Gasteiger partial charge is 0.465 e. The first-order chi connectivity index (χ1) is 8.93. The third-order valence-corrected chi connectivity index (χ3v) is 3.00. The Balaban J connectivity index is 2.36. The van der Waals surface area contributed by atoms with Gasteiger partial charge in [0.05, 0.1) is 12.0 Å². The fourth-order valence-electron chi connectivity index (χ4n) is 1.65. The van der Waals surface area contributed by atoms with E-state index in [4.69, 9.17) is 4.74 Å². The minimum Gasteiger partial charge on any atom is -0.465 e. The summed E-state index contributed by atoms with van der Waals surface area (Å²) in [5.41, 5.74) is 0.752. The highest BCUT2D eigenvalue weighted by molar-refractivity contribution is 5.75. The molecule has 3 nitrogen and oxygen atoms in total. The average Bonchev–Trinajstić information content (AvgIpc) is 2.38. The van der Waals surface area contributed by atoms with Crippen LogP contribution in [0.4, 0.5) is 0 Å². The summed E-state index contributed by atoms with van der Waals surface area (Å²) in [7, 11) is 0. The van der Waals surface area contributed by atoms with Crippen molar-refractivity contribution in [3.05, 3.63) is 35.9 Å². The van der Waals surface area contributed by atoms with Gasteiger partial charge in [0.2, 0.25) is 0 Å². The van der Waals surface area contributed by atoms with Crippen molar-refractivity contribution in [1.29, 1.82) is 0 Å². The van der Waals surface area contributed by atoms with Gasteiger partial charge in [-0.1, -0.05) is 30.3 Å². The third kappa shape index (κ3) is 5.88. The highest BCUT2D eigenvalue weighted by Crippen LogP contribution is 2.17. The predicted molar refractivity (Wildman–Crippen MR) is 75.8 cm³/mol. The number of aliphatic hydroxyl groups is 1. The SMILES string of the molecule is CC(C)(C)C(=O)OCC(CO)CCc1ccccc1. The van der Waals surface area contributed by atoms with Crippen molar-refractivity contribution in [2.24, 2.45) is 11.3 Å². The van der Waals surface area contributed by atoms with Crippen LogP contribution in [-0.4, -0.2) is 24.3 Å². The van der Waals surface area contributed by atoms with Crippen LogP contribution < -0.4 is 0 Å². The summed E-state index contributed by atoms with van der Waals surface area (Å²) in [5.74, 6) is -0.211. The molecule has 0 aliphatic heterocycles. The zero-order valence-corrected chi connectivity index (χ0v) is 12.1. The topological polar surface area (TPSA) is 46.5 Å². The van der Waals surface area contributed by atoms with Gasteiger partial charge in [-0.05, 0) is 39.2 Å². The van der Waals surface area contributed by atoms with E-state index in [-0.39, 0.29) is 18.5 Å². The first kappa shape index (κ1) is 15.7. The van der Waals surface area contributed by atoms with Crippen molar-refractivity contribution in [2.45, 2.75) is 33.6 Å². The maximum Gasteiger partial charge on any atom is 0.311 e. The summed E-state index contributed by atoms with van der Waals surface area (Å²) in [6.45, 7) is 5.82. The molecule has 1 atom stereocenters. The Bertz CT molecular complexity index is 379. The van der Waals surface area contributed by atoms with Crippen LogP contribution in [0.2, 0.25) is 0 Å². The highest BCUT2D eigenvalue weighted by atomic mass is 16.5. The first-order valence-corrected chi connectivity index (χ1v) is 6.75. The van der Waals surface area contributed by atoms with Crippen LogP contribution >= 0.6 is 0 Å². The number of carbonyl (C=O) groups is 1. The molecule has 0 saturated heterocycles. The number of esters is 1. The Kier molecular flexibility index (Phi) is 6.03. The molecule has 0 aliphatic rings. The monoisotopic (exact) mass is 264 g/mol. The van der Waals surface area contributed by atoms with Crippen molar-refractivity contribution in [3.8, 4) is 0 Å². The maximum atomic E-state index is 11.7. The Morgan fingerprint density at radius 2 is 1.89 bits per heavy atom. The summed E-state index contributed by atoms with van der Waals surface area (Å²) in [6.07, 6.45) is 1.71. The van der Waals surface area contributed by atoms with Gasteiger partial charge in [-0.3, -0.25) is 4.79 Å². The van der Waals surface area contributed by atoms with Gasteiger partial charge in [0.15, 0.2) is 0 Å². The lowest BCUT2D eigenvalue weighted by atomic mass is 9.97. The first-order valence-electron chi connectivity index (χ1n) is 6.75. The van der Waals surface area contributed by atoms with Gasteiger partial charge in [0, 0.05) is 12.5 Å². The lowest BCUT2D eigenvalue weighted by Crippen LogP contribution is -2.26. The number of rotatable bonds is 6. The number of aliphatic hydroxyl groups excluding tert-OH is 1. The molecule has 0 aromatic heterocycles. The molecule has 106 valence electrons. The van der Waals surface area contributed by atoms with Crippen LogP contribution in [0.3, 0.4) is 0 Å². The molecule has 0 saturated carbocycles. The maximum absolute atomic E-state index is 11.7. The number of hydrogen-bond acceptors (Lipinski definition) is 3. The molecule has 1 rings (SSSR count). The molecule has 0 aliphatic carbocycles. The van der Waals surface area contributed by atoms with E-state index in [1.807, 2.05) is 39.0 Å². The fraction of sp³-hybridized carbons (Fsp3) is 0.562. The number of hydrogen-bond donors (Lipinski definition) is 1. The molecule has 0 heterocycles. The van der Waals surface area contributed by atoms with Gasteiger partial charge in [0.25, 0.3) is 0 Å². The average molecular weight is 264 g/mol. The van der Waals surface area contributed by atoms with E-state index in [1.165, 1.54) is 5.56 Å². The van der Waals surface area contributed by atoms with E-state index in [9.17, 15) is 9.90 Å². The van der Waals surface area contributed by atoms with E-state index in [0.29, 0.717) is 6.61 Å². The zero-order valence-electron chi connectivity index (χ0n) is 12.1. The molecule has 1 unspecified atom stereocenters. The molecule has 1 N–H and O–H groups in total. The van der Waals surface area contributed by atoms with Gasteiger partial charge < -0.3 is 9.84 Å². The Labute approximate surface area is 115 Å². The van der Waals surface area contributed by atoms with Crippen LogP contribution in [0.25, 0.3) is 0 Å². The summed E-state index contributed by atoms with van der Waals surface area (Å²) in [6, 6.07) is 10.1. The molecule has 0 spiro atoms. The molecule has 1 aromatic rings. The molecule has 19 heavy (non-hydrogen) atoms. The summed E-state index contributed by atoms with van der Waals surface area (Å²) >= 11 is 0. The second kappa shape index (κ2) is 7.29. The van der Waals surface area contributed by atoms with E-state index < -0.39 is 5.41 Å². The second-order valence-electron chi connectivity index (χ2n) is 5.92. The van der Waals surface area contributed by atoms with E-state index in [2.05, 4.69) is 12.1 Å². The van der Waals surface area contributed by atoms with Gasteiger partial charge in [-0.25, -0.2) is 0 Å². The summed E-state index contributed by atoms with van der Waals surface area (Å²) < 4.78 is 5.25. The summed E-state index contributed by atoms with van der Waals surface area (Å²) in [5, 5.41) is 9.33. The number of aryl methyl sites for hydroxylation is 1. The Hall–Kier alpha value is -1.35. The molecule has 0 radical (unpaired) electrons. The molecule has 1 aromatic carbocycles. The minimum absolute atomic E-state index is 0.00602. The van der Waals surface area contributed by atoms with Crippen LogP contribution in [0.5, 0.6) is 0 Å². The Morgan fingerprint density at radius 3 is 2.42 bits per heavy atom. The number of benzene rings is 1. The van der Waals surface area contributed by atoms with Crippen LogP contribution in [0.15, 0.2) is 30.3 Å². The lowest BCUT2D eigenvalue weighted by molar-refractivity contribution is -0.154.